The number of hydrogen-bond donors (Lipinski definition) is 3. The molecule has 0 radical (unpaired) electrons. The standard InChI is InChI=1S/C12H20N2O3/c1-2-6-13-8-10(15)14-9-12(4-3-5-12)7-11(16)17/h2,13H,1,3-9H2,(H,14,15)(H,16,17). The molecule has 0 unspecified atom stereocenters. The van der Waals surface area contributed by atoms with Crippen molar-refractivity contribution < 1.29 is 14.7 Å². The van der Waals surface area contributed by atoms with E-state index in [1.165, 1.54) is 0 Å². The normalized spacial score (nSPS) is 16.9. The van der Waals surface area contributed by atoms with Crippen LogP contribution in [-0.4, -0.2) is 36.6 Å². The molecule has 0 aromatic carbocycles. The molecular weight excluding hydrogens is 220 g/mol. The molecule has 3 N–H and O–H groups in total. The smallest absolute Gasteiger partial charge is 0.303 e. The van der Waals surface area contributed by atoms with Gasteiger partial charge in [-0.05, 0) is 18.3 Å². The van der Waals surface area contributed by atoms with Crippen molar-refractivity contribution in [3.63, 3.8) is 0 Å². The number of aliphatic carboxylic acids is 1. The van der Waals surface area contributed by atoms with Crippen molar-refractivity contribution in [1.82, 2.24) is 10.6 Å². The number of amides is 1. The van der Waals surface area contributed by atoms with Gasteiger partial charge in [0.15, 0.2) is 0 Å². The molecule has 0 bridgehead atoms. The topological polar surface area (TPSA) is 78.4 Å². The van der Waals surface area contributed by atoms with Crippen LogP contribution in [0.5, 0.6) is 0 Å². The lowest BCUT2D eigenvalue weighted by Gasteiger charge is -2.40. The van der Waals surface area contributed by atoms with Crippen LogP contribution in [0.25, 0.3) is 0 Å². The molecule has 0 aromatic rings. The fraction of sp³-hybridized carbons (Fsp3) is 0.667. The molecule has 0 aromatic heterocycles. The van der Waals surface area contributed by atoms with Crippen LogP contribution in [0.1, 0.15) is 25.7 Å². The van der Waals surface area contributed by atoms with E-state index in [4.69, 9.17) is 5.11 Å². The van der Waals surface area contributed by atoms with E-state index in [2.05, 4.69) is 17.2 Å². The number of nitrogens with one attached hydrogen (secondary N) is 2. The zero-order valence-corrected chi connectivity index (χ0v) is 10.00. The Balaban J connectivity index is 2.25. The van der Waals surface area contributed by atoms with Gasteiger partial charge in [-0.3, -0.25) is 9.59 Å². The van der Waals surface area contributed by atoms with Gasteiger partial charge in [0.25, 0.3) is 0 Å². The summed E-state index contributed by atoms with van der Waals surface area (Å²) in [5.41, 5.74) is -0.208. The van der Waals surface area contributed by atoms with Gasteiger partial charge in [-0.2, -0.15) is 0 Å². The Hall–Kier alpha value is -1.36. The first-order valence-corrected chi connectivity index (χ1v) is 5.88. The molecule has 1 aliphatic rings. The molecule has 96 valence electrons. The lowest BCUT2D eigenvalue weighted by molar-refractivity contribution is -0.141. The van der Waals surface area contributed by atoms with Crippen LogP contribution in [0.4, 0.5) is 0 Å². The maximum atomic E-state index is 11.4. The number of carbonyl (C=O) groups excluding carboxylic acids is 1. The highest BCUT2D eigenvalue weighted by Gasteiger charge is 2.39. The maximum Gasteiger partial charge on any atom is 0.303 e. The van der Waals surface area contributed by atoms with Crippen LogP contribution < -0.4 is 10.6 Å². The lowest BCUT2D eigenvalue weighted by atomic mass is 9.66. The van der Waals surface area contributed by atoms with Crippen molar-refractivity contribution in [3.05, 3.63) is 12.7 Å². The van der Waals surface area contributed by atoms with Crippen LogP contribution in [0.15, 0.2) is 12.7 Å². The third-order valence-corrected chi connectivity index (χ3v) is 3.18. The molecule has 1 aliphatic carbocycles. The highest BCUT2D eigenvalue weighted by Crippen LogP contribution is 2.43. The average Bonchev–Trinajstić information content (AvgIpc) is 2.22. The molecule has 0 aliphatic heterocycles. The summed E-state index contributed by atoms with van der Waals surface area (Å²) in [6.07, 6.45) is 4.66. The molecule has 1 amide bonds. The molecule has 17 heavy (non-hydrogen) atoms. The summed E-state index contributed by atoms with van der Waals surface area (Å²) in [6, 6.07) is 0. The van der Waals surface area contributed by atoms with E-state index >= 15 is 0 Å². The highest BCUT2D eigenvalue weighted by atomic mass is 16.4. The molecular formula is C12H20N2O3. The SMILES string of the molecule is C=CCNCC(=O)NCC1(CC(=O)O)CCC1. The van der Waals surface area contributed by atoms with E-state index in [1.807, 2.05) is 0 Å². The number of carbonyl (C=O) groups is 2. The third kappa shape index (κ3) is 4.56. The monoisotopic (exact) mass is 240 g/mol. The summed E-state index contributed by atoms with van der Waals surface area (Å²) in [4.78, 5) is 22.2. The number of carboxylic acids is 1. The van der Waals surface area contributed by atoms with Gasteiger partial charge in [0.05, 0.1) is 13.0 Å². The van der Waals surface area contributed by atoms with E-state index in [9.17, 15) is 9.59 Å². The van der Waals surface area contributed by atoms with Crippen molar-refractivity contribution in [2.45, 2.75) is 25.7 Å². The first-order chi connectivity index (χ1) is 8.08. The van der Waals surface area contributed by atoms with Gasteiger partial charge in [-0.1, -0.05) is 12.5 Å². The second kappa shape index (κ2) is 6.39. The fourth-order valence-corrected chi connectivity index (χ4v) is 2.05. The predicted octanol–water partition coefficient (Wildman–Crippen LogP) is 0.523. The molecule has 0 atom stereocenters. The first-order valence-electron chi connectivity index (χ1n) is 5.88. The van der Waals surface area contributed by atoms with Gasteiger partial charge < -0.3 is 15.7 Å². The Morgan fingerprint density at radius 3 is 2.59 bits per heavy atom. The van der Waals surface area contributed by atoms with Crippen molar-refractivity contribution in [3.8, 4) is 0 Å². The highest BCUT2D eigenvalue weighted by molar-refractivity contribution is 5.78. The second-order valence-corrected chi connectivity index (χ2v) is 4.62. The Labute approximate surface area is 101 Å². The van der Waals surface area contributed by atoms with Gasteiger partial charge in [0.2, 0.25) is 5.91 Å². The zero-order valence-electron chi connectivity index (χ0n) is 10.00. The quantitative estimate of drug-likeness (QED) is 0.427. The molecule has 1 saturated carbocycles. The van der Waals surface area contributed by atoms with Crippen LogP contribution in [0.3, 0.4) is 0 Å². The van der Waals surface area contributed by atoms with E-state index in [-0.39, 0.29) is 24.3 Å². The Morgan fingerprint density at radius 1 is 1.41 bits per heavy atom. The Morgan fingerprint density at radius 2 is 2.12 bits per heavy atom. The van der Waals surface area contributed by atoms with Gasteiger partial charge in [-0.15, -0.1) is 6.58 Å². The lowest BCUT2D eigenvalue weighted by Crippen LogP contribution is -2.45. The number of rotatable bonds is 8. The Bertz CT molecular complexity index is 298. The van der Waals surface area contributed by atoms with E-state index < -0.39 is 5.97 Å². The molecule has 0 heterocycles. The average molecular weight is 240 g/mol. The fourth-order valence-electron chi connectivity index (χ4n) is 2.05. The molecule has 5 heteroatoms. The van der Waals surface area contributed by atoms with Gasteiger partial charge in [-0.25, -0.2) is 0 Å². The third-order valence-electron chi connectivity index (χ3n) is 3.18. The maximum absolute atomic E-state index is 11.4. The van der Waals surface area contributed by atoms with Crippen molar-refractivity contribution in [2.24, 2.45) is 5.41 Å². The molecule has 0 saturated heterocycles. The van der Waals surface area contributed by atoms with Crippen LogP contribution in [0.2, 0.25) is 0 Å². The predicted molar refractivity (Wildman–Crippen MR) is 64.6 cm³/mol. The summed E-state index contributed by atoms with van der Waals surface area (Å²) < 4.78 is 0. The molecule has 5 nitrogen and oxygen atoms in total. The van der Waals surface area contributed by atoms with E-state index in [1.54, 1.807) is 6.08 Å². The van der Waals surface area contributed by atoms with Crippen LogP contribution in [0, 0.1) is 5.41 Å². The van der Waals surface area contributed by atoms with E-state index in [0.29, 0.717) is 13.1 Å². The van der Waals surface area contributed by atoms with Gasteiger partial charge in [0.1, 0.15) is 0 Å². The van der Waals surface area contributed by atoms with Crippen molar-refractivity contribution >= 4 is 11.9 Å². The minimum absolute atomic E-state index is 0.0940. The minimum Gasteiger partial charge on any atom is -0.481 e. The van der Waals surface area contributed by atoms with Crippen LogP contribution in [-0.2, 0) is 9.59 Å². The summed E-state index contributed by atoms with van der Waals surface area (Å²) in [5, 5.41) is 14.5. The summed E-state index contributed by atoms with van der Waals surface area (Å²) in [7, 11) is 0. The second-order valence-electron chi connectivity index (χ2n) is 4.62. The van der Waals surface area contributed by atoms with Crippen LogP contribution >= 0.6 is 0 Å². The molecule has 0 spiro atoms. The first kappa shape index (κ1) is 13.7. The Kier molecular flexibility index (Phi) is 5.15. The zero-order chi connectivity index (χ0) is 12.7. The number of hydrogen-bond acceptors (Lipinski definition) is 3. The summed E-state index contributed by atoms with van der Waals surface area (Å²) in [6.45, 7) is 4.84. The summed E-state index contributed by atoms with van der Waals surface area (Å²) in [5.74, 6) is -0.882. The molecule has 1 fully saturated rings. The van der Waals surface area contributed by atoms with Gasteiger partial charge >= 0.3 is 5.97 Å². The van der Waals surface area contributed by atoms with Crippen molar-refractivity contribution in [1.29, 1.82) is 0 Å². The summed E-state index contributed by atoms with van der Waals surface area (Å²) >= 11 is 0. The number of carboxylic acid groups (broad SMARTS) is 1. The van der Waals surface area contributed by atoms with Crippen molar-refractivity contribution in [2.75, 3.05) is 19.6 Å². The minimum atomic E-state index is -0.788. The molecule has 1 rings (SSSR count). The van der Waals surface area contributed by atoms with E-state index in [0.717, 1.165) is 19.3 Å². The van der Waals surface area contributed by atoms with Gasteiger partial charge in [0, 0.05) is 13.1 Å². The largest absolute Gasteiger partial charge is 0.481 e.